The first-order valence-electron chi connectivity index (χ1n) is 11.2. The normalized spacial score (nSPS) is 16.1. The standard InChI is InChI=1S/C25H26N6O2S/c1-16-5-7-18(8-6-16)30(2)22-10-9-19-23(29-22)34-25(27-19)28-21-14-17(11-12-26-21)15-31-13-3-4-20(31)24(32)33/h5-12,14,20H,3-4,13,15H2,1-2H3,(H,32,33)(H,26,27,28). The third kappa shape index (κ3) is 4.71. The molecule has 3 aromatic heterocycles. The molecule has 4 aromatic rings. The average Bonchev–Trinajstić information content (AvgIpc) is 3.45. The molecule has 1 unspecified atom stereocenters. The summed E-state index contributed by atoms with van der Waals surface area (Å²) >= 11 is 1.48. The quantitative estimate of drug-likeness (QED) is 0.388. The number of aromatic nitrogens is 3. The molecule has 0 spiro atoms. The van der Waals surface area contributed by atoms with Gasteiger partial charge in [-0.2, -0.15) is 0 Å². The van der Waals surface area contributed by atoms with Gasteiger partial charge in [0.25, 0.3) is 0 Å². The van der Waals surface area contributed by atoms with Crippen molar-refractivity contribution >= 4 is 50.1 Å². The molecule has 1 atom stereocenters. The van der Waals surface area contributed by atoms with Crippen LogP contribution >= 0.6 is 11.3 Å². The van der Waals surface area contributed by atoms with E-state index >= 15 is 0 Å². The predicted molar refractivity (Wildman–Crippen MR) is 135 cm³/mol. The van der Waals surface area contributed by atoms with E-state index in [4.69, 9.17) is 4.98 Å². The molecule has 0 bridgehead atoms. The maximum absolute atomic E-state index is 11.5. The molecular weight excluding hydrogens is 448 g/mol. The smallest absolute Gasteiger partial charge is 0.320 e. The number of nitrogens with one attached hydrogen (secondary N) is 1. The van der Waals surface area contributed by atoms with Crippen LogP contribution in [-0.4, -0.2) is 50.6 Å². The lowest BCUT2D eigenvalue weighted by Gasteiger charge is -2.21. The van der Waals surface area contributed by atoms with Gasteiger partial charge in [-0.15, -0.1) is 0 Å². The van der Waals surface area contributed by atoms with Gasteiger partial charge in [0.15, 0.2) is 5.13 Å². The Hall–Kier alpha value is -3.56. The van der Waals surface area contributed by atoms with E-state index < -0.39 is 12.0 Å². The molecule has 0 radical (unpaired) electrons. The molecule has 0 aliphatic carbocycles. The molecule has 5 rings (SSSR count). The Bertz CT molecular complexity index is 1320. The van der Waals surface area contributed by atoms with Gasteiger partial charge in [0, 0.05) is 25.5 Å². The Balaban J connectivity index is 1.32. The number of nitrogens with zero attached hydrogens (tertiary/aromatic N) is 5. The van der Waals surface area contributed by atoms with Crippen LogP contribution in [-0.2, 0) is 11.3 Å². The second-order valence-corrected chi connectivity index (χ2v) is 9.53. The molecule has 1 aromatic carbocycles. The van der Waals surface area contributed by atoms with Crippen molar-refractivity contribution in [1.82, 2.24) is 19.9 Å². The summed E-state index contributed by atoms with van der Waals surface area (Å²) in [6, 6.07) is 15.8. The molecule has 1 aliphatic heterocycles. The van der Waals surface area contributed by atoms with Gasteiger partial charge in [0.2, 0.25) is 0 Å². The van der Waals surface area contributed by atoms with E-state index in [0.717, 1.165) is 40.4 Å². The third-order valence-electron chi connectivity index (χ3n) is 6.10. The Morgan fingerprint density at radius 1 is 1.21 bits per heavy atom. The molecule has 2 N–H and O–H groups in total. The lowest BCUT2D eigenvalue weighted by atomic mass is 10.2. The number of hydrogen-bond acceptors (Lipinski definition) is 8. The summed E-state index contributed by atoms with van der Waals surface area (Å²) in [5, 5.41) is 13.4. The minimum atomic E-state index is -0.751. The number of fused-ring (bicyclic) bond motifs is 1. The first-order chi connectivity index (χ1) is 16.5. The van der Waals surface area contributed by atoms with Crippen molar-refractivity contribution in [2.45, 2.75) is 32.4 Å². The van der Waals surface area contributed by atoms with Crippen molar-refractivity contribution in [2.75, 3.05) is 23.8 Å². The van der Waals surface area contributed by atoms with E-state index in [2.05, 4.69) is 51.4 Å². The Labute approximate surface area is 201 Å². The zero-order valence-electron chi connectivity index (χ0n) is 19.1. The molecule has 1 fully saturated rings. The number of pyridine rings is 2. The van der Waals surface area contributed by atoms with Crippen molar-refractivity contribution in [1.29, 1.82) is 0 Å². The lowest BCUT2D eigenvalue weighted by molar-refractivity contribution is -0.142. The number of carboxylic acids is 1. The van der Waals surface area contributed by atoms with Gasteiger partial charge in [0.05, 0.1) is 0 Å². The summed E-state index contributed by atoms with van der Waals surface area (Å²) in [4.78, 5) is 30.3. The van der Waals surface area contributed by atoms with Crippen LogP contribution in [0.1, 0.15) is 24.0 Å². The summed E-state index contributed by atoms with van der Waals surface area (Å²) in [6.07, 6.45) is 3.35. The van der Waals surface area contributed by atoms with E-state index in [1.54, 1.807) is 6.20 Å². The second kappa shape index (κ2) is 9.36. The SMILES string of the molecule is Cc1ccc(N(C)c2ccc3nc(Nc4cc(CN5CCCC5C(=O)O)ccn4)sc3n2)cc1. The largest absolute Gasteiger partial charge is 0.480 e. The summed E-state index contributed by atoms with van der Waals surface area (Å²) in [5.41, 5.74) is 4.14. The highest BCUT2D eigenvalue weighted by atomic mass is 32.1. The van der Waals surface area contributed by atoms with Crippen molar-refractivity contribution < 1.29 is 9.90 Å². The maximum Gasteiger partial charge on any atom is 0.320 e. The number of aliphatic carboxylic acids is 1. The lowest BCUT2D eigenvalue weighted by Crippen LogP contribution is -2.35. The van der Waals surface area contributed by atoms with Gasteiger partial charge < -0.3 is 15.3 Å². The highest BCUT2D eigenvalue weighted by Gasteiger charge is 2.30. The number of likely N-dealkylation sites (tertiary alicyclic amines) is 1. The Morgan fingerprint density at radius 3 is 2.82 bits per heavy atom. The fourth-order valence-corrected chi connectivity index (χ4v) is 5.07. The minimum absolute atomic E-state index is 0.410. The first kappa shape index (κ1) is 22.2. The predicted octanol–water partition coefficient (Wildman–Crippen LogP) is 4.96. The van der Waals surface area contributed by atoms with Crippen LogP contribution in [0, 0.1) is 6.92 Å². The van der Waals surface area contributed by atoms with Crippen LogP contribution in [0.4, 0.5) is 22.5 Å². The number of thiazole rings is 1. The van der Waals surface area contributed by atoms with Crippen molar-refractivity contribution in [3.63, 3.8) is 0 Å². The van der Waals surface area contributed by atoms with Crippen LogP contribution in [0.25, 0.3) is 10.3 Å². The van der Waals surface area contributed by atoms with Crippen LogP contribution in [0.15, 0.2) is 54.7 Å². The number of hydrogen-bond donors (Lipinski definition) is 2. The fourth-order valence-electron chi connectivity index (χ4n) is 4.23. The summed E-state index contributed by atoms with van der Waals surface area (Å²) in [5.74, 6) is 0.782. The van der Waals surface area contributed by atoms with Gasteiger partial charge in [0.1, 0.15) is 28.0 Å². The van der Waals surface area contributed by atoms with Gasteiger partial charge in [-0.25, -0.2) is 15.0 Å². The van der Waals surface area contributed by atoms with E-state index in [0.29, 0.717) is 23.9 Å². The van der Waals surface area contributed by atoms with Gasteiger partial charge in [-0.3, -0.25) is 9.69 Å². The van der Waals surface area contributed by atoms with Crippen molar-refractivity contribution in [2.24, 2.45) is 0 Å². The molecule has 1 saturated heterocycles. The van der Waals surface area contributed by atoms with Gasteiger partial charge in [-0.1, -0.05) is 29.0 Å². The molecule has 34 heavy (non-hydrogen) atoms. The van der Waals surface area contributed by atoms with Crippen LogP contribution in [0.2, 0.25) is 0 Å². The van der Waals surface area contributed by atoms with E-state index in [9.17, 15) is 9.90 Å². The maximum atomic E-state index is 11.5. The number of anilines is 4. The number of rotatable bonds is 7. The summed E-state index contributed by atoms with van der Waals surface area (Å²) in [7, 11) is 2.00. The highest BCUT2D eigenvalue weighted by Crippen LogP contribution is 2.30. The molecule has 1 aliphatic rings. The average molecular weight is 475 g/mol. The van der Waals surface area contributed by atoms with Gasteiger partial charge in [-0.05, 0) is 68.3 Å². The first-order valence-corrected chi connectivity index (χ1v) is 12.0. The topological polar surface area (TPSA) is 94.5 Å². The number of benzene rings is 1. The number of carbonyl (C=O) groups is 1. The van der Waals surface area contributed by atoms with Crippen molar-refractivity contribution in [3.05, 3.63) is 65.9 Å². The molecule has 0 saturated carbocycles. The van der Waals surface area contributed by atoms with E-state index in [1.165, 1.54) is 16.9 Å². The molecule has 174 valence electrons. The number of aryl methyl sites for hydroxylation is 1. The Kier molecular flexibility index (Phi) is 6.12. The minimum Gasteiger partial charge on any atom is -0.480 e. The van der Waals surface area contributed by atoms with Crippen LogP contribution < -0.4 is 10.2 Å². The summed E-state index contributed by atoms with van der Waals surface area (Å²) in [6.45, 7) is 3.46. The zero-order chi connectivity index (χ0) is 23.7. The van der Waals surface area contributed by atoms with E-state index in [1.807, 2.05) is 36.2 Å². The third-order valence-corrected chi connectivity index (χ3v) is 6.98. The van der Waals surface area contributed by atoms with E-state index in [-0.39, 0.29) is 0 Å². The number of carboxylic acid groups (broad SMARTS) is 1. The second-order valence-electron chi connectivity index (χ2n) is 8.55. The molecular formula is C25H26N6O2S. The summed E-state index contributed by atoms with van der Waals surface area (Å²) < 4.78 is 0. The molecule has 4 heterocycles. The van der Waals surface area contributed by atoms with Crippen LogP contribution in [0.5, 0.6) is 0 Å². The highest BCUT2D eigenvalue weighted by molar-refractivity contribution is 7.21. The van der Waals surface area contributed by atoms with Crippen molar-refractivity contribution in [3.8, 4) is 0 Å². The molecule has 9 heteroatoms. The fraction of sp³-hybridized carbons (Fsp3) is 0.280. The molecule has 8 nitrogen and oxygen atoms in total. The van der Waals surface area contributed by atoms with Crippen LogP contribution in [0.3, 0.4) is 0 Å². The molecule has 0 amide bonds. The Morgan fingerprint density at radius 2 is 2.03 bits per heavy atom. The van der Waals surface area contributed by atoms with Gasteiger partial charge >= 0.3 is 5.97 Å². The zero-order valence-corrected chi connectivity index (χ0v) is 19.9. The monoisotopic (exact) mass is 474 g/mol.